The molecule has 2 aromatic rings. The molecular weight excluding hydrogens is 318 g/mol. The van der Waals surface area contributed by atoms with Gasteiger partial charge in [-0.05, 0) is 68.7 Å². The van der Waals surface area contributed by atoms with E-state index in [-0.39, 0.29) is 33.0 Å². The minimum atomic E-state index is 0. The first kappa shape index (κ1) is 22.2. The molecule has 0 bridgehead atoms. The Bertz CT molecular complexity index is 740. The van der Waals surface area contributed by atoms with E-state index in [2.05, 4.69) is 65.0 Å². The Morgan fingerprint density at radius 3 is 1.92 bits per heavy atom. The third-order valence-corrected chi connectivity index (χ3v) is 5.70. The number of benzene rings is 2. The van der Waals surface area contributed by atoms with Crippen molar-refractivity contribution in [2.75, 3.05) is 0 Å². The fraction of sp³-hybridized carbons (Fsp3) is 0.409. The zero-order chi connectivity index (χ0) is 18.0. The standard InChI is InChI=1S/C22H29OP.Li/c1-13(2)18-8-9-19(14(3)4)20(12-18)24-22(23)21-16(6)10-15(5)11-17(21)7;/h8-14,24H,1-7H3;. The molecule has 0 aliphatic rings. The van der Waals surface area contributed by atoms with Crippen molar-refractivity contribution < 1.29 is 4.79 Å². The molecule has 0 heterocycles. The van der Waals surface area contributed by atoms with Gasteiger partial charge in [-0.25, -0.2) is 0 Å². The van der Waals surface area contributed by atoms with Crippen molar-refractivity contribution in [3.05, 3.63) is 63.7 Å². The van der Waals surface area contributed by atoms with Gasteiger partial charge in [-0.3, -0.25) is 4.79 Å². The Morgan fingerprint density at radius 2 is 1.44 bits per heavy atom. The van der Waals surface area contributed by atoms with Gasteiger partial charge < -0.3 is 0 Å². The van der Waals surface area contributed by atoms with E-state index < -0.39 is 0 Å². The van der Waals surface area contributed by atoms with Crippen molar-refractivity contribution in [2.45, 2.75) is 60.3 Å². The number of aryl methyl sites for hydroxylation is 3. The van der Waals surface area contributed by atoms with Crippen LogP contribution in [0.15, 0.2) is 30.3 Å². The summed E-state index contributed by atoms with van der Waals surface area (Å²) < 4.78 is 0. The Labute approximate surface area is 167 Å². The predicted octanol–water partition coefficient (Wildman–Crippen LogP) is 5.62. The second kappa shape index (κ2) is 9.18. The van der Waals surface area contributed by atoms with Gasteiger partial charge in [0.1, 0.15) is 0 Å². The average molecular weight is 347 g/mol. The fourth-order valence-electron chi connectivity index (χ4n) is 3.27. The second-order valence-electron chi connectivity index (χ2n) is 7.38. The molecule has 1 atom stereocenters. The van der Waals surface area contributed by atoms with Crippen LogP contribution in [0, 0.1) is 20.8 Å². The van der Waals surface area contributed by atoms with Crippen molar-refractivity contribution in [1.29, 1.82) is 0 Å². The van der Waals surface area contributed by atoms with Crippen LogP contribution in [-0.2, 0) is 0 Å². The van der Waals surface area contributed by atoms with Crippen LogP contribution in [0.4, 0.5) is 0 Å². The van der Waals surface area contributed by atoms with Crippen LogP contribution in [0.1, 0.15) is 77.7 Å². The first-order valence-corrected chi connectivity index (χ1v) is 9.73. The molecule has 0 aromatic heterocycles. The van der Waals surface area contributed by atoms with E-state index in [1.807, 2.05) is 13.8 Å². The number of carbonyl (C=O) groups excluding carboxylic acids is 1. The molecule has 0 aliphatic carbocycles. The van der Waals surface area contributed by atoms with Gasteiger partial charge in [-0.15, -0.1) is 0 Å². The average Bonchev–Trinajstić information content (AvgIpc) is 2.45. The number of carbonyl (C=O) groups is 1. The summed E-state index contributed by atoms with van der Waals surface area (Å²) in [4.78, 5) is 13.0. The smallest absolute Gasteiger partial charge is 0.186 e. The summed E-state index contributed by atoms with van der Waals surface area (Å²) in [6, 6.07) is 10.9. The summed E-state index contributed by atoms with van der Waals surface area (Å²) in [5, 5.41) is 1.21. The summed E-state index contributed by atoms with van der Waals surface area (Å²) in [7, 11) is 0.187. The summed E-state index contributed by atoms with van der Waals surface area (Å²) in [6.45, 7) is 15.0. The second-order valence-corrected chi connectivity index (χ2v) is 8.63. The zero-order valence-corrected chi connectivity index (χ0v) is 17.9. The van der Waals surface area contributed by atoms with Gasteiger partial charge in [0.25, 0.3) is 0 Å². The summed E-state index contributed by atoms with van der Waals surface area (Å²) in [6.07, 6.45) is 0. The molecule has 0 amide bonds. The van der Waals surface area contributed by atoms with E-state index in [1.165, 1.54) is 22.0 Å². The quantitative estimate of drug-likeness (QED) is 0.507. The maximum absolute atomic E-state index is 13.0. The van der Waals surface area contributed by atoms with E-state index in [9.17, 15) is 4.79 Å². The molecule has 1 radical (unpaired) electrons. The molecule has 0 aliphatic heterocycles. The molecule has 1 nitrogen and oxygen atoms in total. The van der Waals surface area contributed by atoms with Crippen LogP contribution < -0.4 is 5.30 Å². The maximum Gasteiger partial charge on any atom is 0.186 e. The summed E-state index contributed by atoms with van der Waals surface area (Å²) >= 11 is 0. The first-order chi connectivity index (χ1) is 11.2. The van der Waals surface area contributed by atoms with E-state index >= 15 is 0 Å². The zero-order valence-electron chi connectivity index (χ0n) is 16.9. The third-order valence-electron chi connectivity index (χ3n) is 4.52. The largest absolute Gasteiger partial charge is 0.289 e. The molecule has 0 saturated heterocycles. The molecule has 0 N–H and O–H groups in total. The van der Waals surface area contributed by atoms with Crippen LogP contribution in [0.25, 0.3) is 0 Å². The Morgan fingerprint density at radius 1 is 0.880 bits per heavy atom. The van der Waals surface area contributed by atoms with Crippen LogP contribution in [-0.4, -0.2) is 24.4 Å². The number of hydrogen-bond donors (Lipinski definition) is 0. The molecule has 0 saturated carbocycles. The normalized spacial score (nSPS) is 11.4. The van der Waals surface area contributed by atoms with Crippen LogP contribution >= 0.6 is 8.58 Å². The van der Waals surface area contributed by atoms with Gasteiger partial charge in [-0.1, -0.05) is 63.6 Å². The monoisotopic (exact) mass is 347 g/mol. The van der Waals surface area contributed by atoms with Crippen LogP contribution in [0.2, 0.25) is 0 Å². The van der Waals surface area contributed by atoms with E-state index in [1.54, 1.807) is 0 Å². The van der Waals surface area contributed by atoms with Crippen LogP contribution in [0.5, 0.6) is 0 Å². The van der Waals surface area contributed by atoms with Gasteiger partial charge in [0.2, 0.25) is 0 Å². The van der Waals surface area contributed by atoms with Crippen molar-refractivity contribution >= 4 is 38.3 Å². The number of hydrogen-bond acceptors (Lipinski definition) is 1. The maximum atomic E-state index is 13.0. The molecule has 1 unspecified atom stereocenters. The third kappa shape index (κ3) is 5.31. The van der Waals surface area contributed by atoms with E-state index in [0.717, 1.165) is 16.7 Å². The molecule has 2 rings (SSSR count). The predicted molar refractivity (Wildman–Crippen MR) is 113 cm³/mol. The Balaban J connectivity index is 0.00000312. The van der Waals surface area contributed by atoms with E-state index in [0.29, 0.717) is 11.8 Å². The Hall–Kier alpha value is -0.863. The van der Waals surface area contributed by atoms with Crippen molar-refractivity contribution in [2.24, 2.45) is 0 Å². The van der Waals surface area contributed by atoms with Crippen molar-refractivity contribution in [3.63, 3.8) is 0 Å². The molecule has 3 heteroatoms. The van der Waals surface area contributed by atoms with Gasteiger partial charge in [-0.2, -0.15) is 0 Å². The molecule has 2 aromatic carbocycles. The first-order valence-electron chi connectivity index (χ1n) is 8.73. The van der Waals surface area contributed by atoms with Gasteiger partial charge in [0.05, 0.1) is 0 Å². The molecule has 129 valence electrons. The molecule has 0 fully saturated rings. The van der Waals surface area contributed by atoms with Gasteiger partial charge in [0.15, 0.2) is 5.52 Å². The molecular formula is C22H29LiOP. The molecule has 25 heavy (non-hydrogen) atoms. The van der Waals surface area contributed by atoms with Gasteiger partial charge >= 0.3 is 0 Å². The van der Waals surface area contributed by atoms with E-state index in [4.69, 9.17) is 0 Å². The summed E-state index contributed by atoms with van der Waals surface area (Å²) in [5.41, 5.74) is 7.18. The van der Waals surface area contributed by atoms with Crippen LogP contribution in [0.3, 0.4) is 0 Å². The minimum Gasteiger partial charge on any atom is -0.289 e. The van der Waals surface area contributed by atoms with Crippen molar-refractivity contribution in [3.8, 4) is 0 Å². The SMILES string of the molecule is Cc1cc(C)c(C(=O)Pc2cc(C(C)C)ccc2C(C)C)c(C)c1.[Li]. The number of rotatable bonds is 5. The summed E-state index contributed by atoms with van der Waals surface area (Å²) in [5.74, 6) is 0.912. The Kier molecular flexibility index (Phi) is 8.15. The minimum absolute atomic E-state index is 0. The van der Waals surface area contributed by atoms with Crippen molar-refractivity contribution in [1.82, 2.24) is 0 Å². The van der Waals surface area contributed by atoms with Gasteiger partial charge in [0, 0.05) is 24.4 Å². The molecule has 0 spiro atoms. The topological polar surface area (TPSA) is 17.1 Å². The fourth-order valence-corrected chi connectivity index (χ4v) is 4.79.